The van der Waals surface area contributed by atoms with E-state index in [-0.39, 0.29) is 0 Å². The third kappa shape index (κ3) is 3.06. The molecule has 1 saturated carbocycles. The highest BCUT2D eigenvalue weighted by atomic mass is 16.1. The molecule has 0 atom stereocenters. The minimum absolute atomic E-state index is 0.294. The van der Waals surface area contributed by atoms with Gasteiger partial charge in [-0.3, -0.25) is 4.79 Å². The van der Waals surface area contributed by atoms with E-state index >= 15 is 0 Å². The lowest BCUT2D eigenvalue weighted by molar-refractivity contribution is 0.0986. The zero-order chi connectivity index (χ0) is 11.4. The van der Waals surface area contributed by atoms with E-state index in [0.29, 0.717) is 5.82 Å². The fourth-order valence-electron chi connectivity index (χ4n) is 1.65. The van der Waals surface area contributed by atoms with Crippen LogP contribution in [0, 0.1) is 12.1 Å². The maximum Gasteiger partial charge on any atom is 0.284 e. The Morgan fingerprint density at radius 2 is 2.50 bits per heavy atom. The average Bonchev–Trinajstić information content (AvgIpc) is 2.94. The van der Waals surface area contributed by atoms with Gasteiger partial charge in [0.05, 0.1) is 0 Å². The van der Waals surface area contributed by atoms with Crippen LogP contribution in [0.3, 0.4) is 0 Å². The number of carbonyl (C=O) groups is 1. The molecule has 3 N–H and O–H groups in total. The lowest BCUT2D eigenvalue weighted by atomic mass is 10.3. The highest BCUT2D eigenvalue weighted by molar-refractivity contribution is 5.89. The molecule has 16 heavy (non-hydrogen) atoms. The Morgan fingerprint density at radius 3 is 3.19 bits per heavy atom. The number of amides is 1. The van der Waals surface area contributed by atoms with Crippen LogP contribution in [0.15, 0.2) is 6.20 Å². The monoisotopic (exact) mass is 221 g/mol. The second-order valence-corrected chi connectivity index (χ2v) is 4.25. The van der Waals surface area contributed by atoms with Gasteiger partial charge in [-0.25, -0.2) is 4.98 Å². The third-order valence-corrected chi connectivity index (χ3v) is 2.76. The zero-order valence-corrected chi connectivity index (χ0v) is 9.28. The Labute approximate surface area is 95.0 Å². The van der Waals surface area contributed by atoms with Crippen LogP contribution in [0.1, 0.15) is 29.9 Å². The van der Waals surface area contributed by atoms with Gasteiger partial charge in [-0.2, -0.15) is 0 Å². The number of rotatable bonds is 7. The summed E-state index contributed by atoms with van der Waals surface area (Å²) in [5.41, 5.74) is 5.18. The van der Waals surface area contributed by atoms with E-state index < -0.39 is 5.91 Å². The molecule has 0 aromatic carbocycles. The van der Waals surface area contributed by atoms with Crippen molar-refractivity contribution in [3.05, 3.63) is 18.2 Å². The molecule has 2 rings (SSSR count). The molecule has 5 nitrogen and oxygen atoms in total. The molecule has 0 unspecified atom stereocenters. The van der Waals surface area contributed by atoms with Crippen molar-refractivity contribution in [3.8, 4) is 0 Å². The molecule has 5 heteroatoms. The van der Waals surface area contributed by atoms with E-state index in [0.717, 1.165) is 32.0 Å². The number of hydrogen-bond donors (Lipinski definition) is 2. The molecule has 0 aliphatic heterocycles. The smallest absolute Gasteiger partial charge is 0.284 e. The van der Waals surface area contributed by atoms with Gasteiger partial charge >= 0.3 is 0 Å². The van der Waals surface area contributed by atoms with Crippen molar-refractivity contribution in [2.45, 2.75) is 25.8 Å². The Morgan fingerprint density at radius 1 is 1.69 bits per heavy atom. The third-order valence-electron chi connectivity index (χ3n) is 2.76. The maximum atomic E-state index is 11.0. The number of carbonyl (C=O) groups excluding carboxylic acids is 1. The van der Waals surface area contributed by atoms with Crippen LogP contribution in [0.25, 0.3) is 0 Å². The van der Waals surface area contributed by atoms with E-state index in [1.165, 1.54) is 12.8 Å². The Balaban J connectivity index is 1.67. The number of aromatic nitrogens is 2. The van der Waals surface area contributed by atoms with Gasteiger partial charge in [0.1, 0.15) is 6.20 Å². The topological polar surface area (TPSA) is 72.9 Å². The van der Waals surface area contributed by atoms with E-state index in [9.17, 15) is 4.79 Å². The van der Waals surface area contributed by atoms with Gasteiger partial charge in [0.15, 0.2) is 5.82 Å². The lowest BCUT2D eigenvalue weighted by Crippen LogP contribution is -2.21. The number of primary amides is 1. The van der Waals surface area contributed by atoms with Crippen molar-refractivity contribution in [1.82, 2.24) is 14.9 Å². The molecule has 0 bridgehead atoms. The molecule has 1 aliphatic carbocycles. The first-order valence-electron chi connectivity index (χ1n) is 5.71. The van der Waals surface area contributed by atoms with E-state index in [1.54, 1.807) is 10.8 Å². The van der Waals surface area contributed by atoms with Crippen molar-refractivity contribution >= 4 is 5.91 Å². The molecule has 0 saturated heterocycles. The lowest BCUT2D eigenvalue weighted by Gasteiger charge is -2.06. The summed E-state index contributed by atoms with van der Waals surface area (Å²) in [6, 6.07) is 0. The second-order valence-electron chi connectivity index (χ2n) is 4.25. The van der Waals surface area contributed by atoms with Crippen LogP contribution in [0.5, 0.6) is 0 Å². The summed E-state index contributed by atoms with van der Waals surface area (Å²) in [6.07, 6.45) is 8.02. The standard InChI is InChI=1S/C11H17N4O/c12-10(16)11-14-5-7-15(11)6-1-4-13-8-9-2-3-9/h7,9,13H,1-4,6,8H2,(H2,12,16). The van der Waals surface area contributed by atoms with Crippen LogP contribution in [0.4, 0.5) is 0 Å². The first kappa shape index (κ1) is 11.1. The summed E-state index contributed by atoms with van der Waals surface area (Å²) in [7, 11) is 0. The predicted octanol–water partition coefficient (Wildman–Crippen LogP) is 0.172. The van der Waals surface area contributed by atoms with Gasteiger partial charge in [0.25, 0.3) is 5.91 Å². The van der Waals surface area contributed by atoms with Crippen LogP contribution >= 0.6 is 0 Å². The molecule has 1 amide bonds. The number of nitrogens with zero attached hydrogens (tertiary/aromatic N) is 2. The van der Waals surface area contributed by atoms with Crippen LogP contribution in [0.2, 0.25) is 0 Å². The summed E-state index contributed by atoms with van der Waals surface area (Å²) >= 11 is 0. The van der Waals surface area contributed by atoms with Crippen LogP contribution in [-0.4, -0.2) is 28.5 Å². The quantitative estimate of drug-likeness (QED) is 0.645. The van der Waals surface area contributed by atoms with Crippen molar-refractivity contribution in [1.29, 1.82) is 0 Å². The summed E-state index contributed by atoms with van der Waals surface area (Å²) in [6.45, 7) is 2.85. The molecular weight excluding hydrogens is 204 g/mol. The predicted molar refractivity (Wildman–Crippen MR) is 59.8 cm³/mol. The molecule has 1 aromatic heterocycles. The van der Waals surface area contributed by atoms with E-state index in [4.69, 9.17) is 5.73 Å². The van der Waals surface area contributed by atoms with Gasteiger partial charge in [0, 0.05) is 12.7 Å². The molecule has 1 fully saturated rings. The fraction of sp³-hybridized carbons (Fsp3) is 0.636. The normalized spacial score (nSPS) is 15.2. The Hall–Kier alpha value is -1.36. The van der Waals surface area contributed by atoms with Crippen LogP contribution < -0.4 is 11.1 Å². The minimum Gasteiger partial charge on any atom is -0.363 e. The van der Waals surface area contributed by atoms with Crippen molar-refractivity contribution in [2.75, 3.05) is 13.1 Å². The minimum atomic E-state index is -0.493. The van der Waals surface area contributed by atoms with Crippen molar-refractivity contribution < 1.29 is 4.79 Å². The van der Waals surface area contributed by atoms with Gasteiger partial charge in [0.2, 0.25) is 0 Å². The molecule has 1 aliphatic rings. The first-order valence-corrected chi connectivity index (χ1v) is 5.71. The Bertz CT molecular complexity index is 357. The van der Waals surface area contributed by atoms with Gasteiger partial charge in [-0.05, 0) is 38.3 Å². The maximum absolute atomic E-state index is 11.0. The molecule has 1 heterocycles. The molecule has 87 valence electrons. The van der Waals surface area contributed by atoms with Gasteiger partial charge in [-0.1, -0.05) is 0 Å². The van der Waals surface area contributed by atoms with E-state index in [1.807, 2.05) is 0 Å². The second kappa shape index (κ2) is 5.12. The average molecular weight is 221 g/mol. The summed E-state index contributed by atoms with van der Waals surface area (Å²) in [5, 5.41) is 3.40. The SMILES string of the molecule is NC(=O)c1n[c]cn1CCCNCC1CC1. The number of aryl methyl sites for hydroxylation is 1. The van der Waals surface area contributed by atoms with Crippen LogP contribution in [-0.2, 0) is 6.54 Å². The molecule has 0 spiro atoms. The van der Waals surface area contributed by atoms with Gasteiger partial charge in [-0.15, -0.1) is 0 Å². The zero-order valence-electron chi connectivity index (χ0n) is 9.28. The highest BCUT2D eigenvalue weighted by Crippen LogP contribution is 2.27. The molecular formula is C11H17N4O. The van der Waals surface area contributed by atoms with E-state index in [2.05, 4.69) is 16.5 Å². The summed E-state index contributed by atoms with van der Waals surface area (Å²) in [5.74, 6) is 0.706. The van der Waals surface area contributed by atoms with Crippen molar-refractivity contribution in [2.24, 2.45) is 11.7 Å². The highest BCUT2D eigenvalue weighted by Gasteiger charge is 2.19. The first-order chi connectivity index (χ1) is 7.77. The summed E-state index contributed by atoms with van der Waals surface area (Å²) in [4.78, 5) is 14.8. The fourth-order valence-corrected chi connectivity index (χ4v) is 1.65. The number of nitrogens with one attached hydrogen (secondary N) is 1. The summed E-state index contributed by atoms with van der Waals surface area (Å²) < 4.78 is 1.75. The Kier molecular flexibility index (Phi) is 3.56. The molecule has 1 aromatic rings. The van der Waals surface area contributed by atoms with Crippen molar-refractivity contribution in [3.63, 3.8) is 0 Å². The van der Waals surface area contributed by atoms with Gasteiger partial charge < -0.3 is 15.6 Å². The number of imidazole rings is 1. The number of nitrogens with two attached hydrogens (primary N) is 1. The number of hydrogen-bond acceptors (Lipinski definition) is 3. The largest absolute Gasteiger partial charge is 0.363 e. The molecule has 1 radical (unpaired) electrons.